The summed E-state index contributed by atoms with van der Waals surface area (Å²) >= 11 is 0. The summed E-state index contributed by atoms with van der Waals surface area (Å²) in [7, 11) is 0. The maximum absolute atomic E-state index is 12.4. The number of amides is 1. The summed E-state index contributed by atoms with van der Waals surface area (Å²) in [6.07, 6.45) is 2.10. The molecule has 0 aliphatic carbocycles. The topological polar surface area (TPSA) is 38.3 Å². The molecule has 25 heavy (non-hydrogen) atoms. The zero-order valence-electron chi connectivity index (χ0n) is 15.8. The maximum atomic E-state index is 12.4. The Morgan fingerprint density at radius 1 is 1.04 bits per heavy atom. The molecule has 0 saturated heterocycles. The summed E-state index contributed by atoms with van der Waals surface area (Å²) in [5.41, 5.74) is 4.83. The molecule has 0 unspecified atom stereocenters. The molecule has 3 nitrogen and oxygen atoms in total. The highest BCUT2D eigenvalue weighted by molar-refractivity contribution is 5.81. The molecule has 0 aliphatic heterocycles. The van der Waals surface area contributed by atoms with Crippen LogP contribution in [0.1, 0.15) is 42.0 Å². The van der Waals surface area contributed by atoms with E-state index in [-0.39, 0.29) is 5.91 Å². The third kappa shape index (κ3) is 5.93. The minimum Gasteiger partial charge on any atom is -0.480 e. The molecule has 134 valence electrons. The smallest absolute Gasteiger partial charge is 0.261 e. The van der Waals surface area contributed by atoms with Gasteiger partial charge in [0, 0.05) is 6.54 Å². The van der Waals surface area contributed by atoms with E-state index < -0.39 is 6.10 Å². The lowest BCUT2D eigenvalue weighted by atomic mass is 10.1. The fourth-order valence-electron chi connectivity index (χ4n) is 2.78. The molecule has 1 N–H and O–H groups in total. The number of benzene rings is 2. The first kappa shape index (κ1) is 19.0. The summed E-state index contributed by atoms with van der Waals surface area (Å²) in [6, 6.07) is 14.6. The van der Waals surface area contributed by atoms with Gasteiger partial charge in [-0.1, -0.05) is 54.4 Å². The molecule has 1 atom stereocenters. The lowest BCUT2D eigenvalue weighted by Crippen LogP contribution is -2.38. The minimum absolute atomic E-state index is 0.0358. The fourth-order valence-corrected chi connectivity index (χ4v) is 2.78. The number of aryl methyl sites for hydroxylation is 4. The van der Waals surface area contributed by atoms with E-state index in [9.17, 15) is 4.79 Å². The van der Waals surface area contributed by atoms with Crippen molar-refractivity contribution in [2.45, 2.75) is 53.1 Å². The van der Waals surface area contributed by atoms with Crippen LogP contribution >= 0.6 is 0 Å². The summed E-state index contributed by atoms with van der Waals surface area (Å²) in [6.45, 7) is 8.79. The first-order valence-corrected chi connectivity index (χ1v) is 9.06. The third-order valence-electron chi connectivity index (χ3n) is 4.32. The van der Waals surface area contributed by atoms with Gasteiger partial charge >= 0.3 is 0 Å². The van der Waals surface area contributed by atoms with Crippen molar-refractivity contribution in [3.05, 3.63) is 64.7 Å². The van der Waals surface area contributed by atoms with Crippen molar-refractivity contribution in [3.8, 4) is 5.75 Å². The lowest BCUT2D eigenvalue weighted by Gasteiger charge is -2.19. The van der Waals surface area contributed by atoms with E-state index in [0.29, 0.717) is 13.0 Å². The Morgan fingerprint density at radius 2 is 1.72 bits per heavy atom. The lowest BCUT2D eigenvalue weighted by molar-refractivity contribution is -0.128. The van der Waals surface area contributed by atoms with Gasteiger partial charge in [0.25, 0.3) is 5.91 Å². The Bertz CT molecular complexity index is 692. The average Bonchev–Trinajstić information content (AvgIpc) is 2.59. The Kier molecular flexibility index (Phi) is 7.05. The zero-order chi connectivity index (χ0) is 18.2. The number of nitrogens with one attached hydrogen (secondary N) is 1. The molecule has 0 aliphatic rings. The van der Waals surface area contributed by atoms with Crippen LogP contribution in [0.5, 0.6) is 5.75 Å². The highest BCUT2D eigenvalue weighted by atomic mass is 16.5. The largest absolute Gasteiger partial charge is 0.480 e. The monoisotopic (exact) mass is 339 g/mol. The SMILES string of the molecule is CC[C@H](Oc1ccc(C)cc1C)C(=O)NCCCc1ccc(C)cc1. The summed E-state index contributed by atoms with van der Waals surface area (Å²) in [4.78, 5) is 12.4. The number of hydrogen-bond donors (Lipinski definition) is 1. The predicted octanol–water partition coefficient (Wildman–Crippen LogP) is 4.52. The molecule has 0 fully saturated rings. The Balaban J connectivity index is 1.80. The van der Waals surface area contributed by atoms with Gasteiger partial charge in [-0.3, -0.25) is 4.79 Å². The van der Waals surface area contributed by atoms with E-state index in [1.807, 2.05) is 26.0 Å². The van der Waals surface area contributed by atoms with Crippen molar-refractivity contribution in [1.29, 1.82) is 0 Å². The molecule has 3 heteroatoms. The van der Waals surface area contributed by atoms with Crippen LogP contribution in [0.25, 0.3) is 0 Å². The number of carbonyl (C=O) groups excluding carboxylic acids is 1. The standard InChI is InChI=1S/C22H29NO2/c1-5-20(25-21-13-10-17(3)15-18(21)4)22(24)23-14-6-7-19-11-8-16(2)9-12-19/h8-13,15,20H,5-7,14H2,1-4H3,(H,23,24)/t20-/m0/s1. The van der Waals surface area contributed by atoms with Crippen LogP contribution in [0, 0.1) is 20.8 Å². The molecular weight excluding hydrogens is 310 g/mol. The van der Waals surface area contributed by atoms with E-state index >= 15 is 0 Å². The van der Waals surface area contributed by atoms with E-state index in [1.54, 1.807) is 0 Å². The normalized spacial score (nSPS) is 11.8. The van der Waals surface area contributed by atoms with Gasteiger partial charge in [-0.25, -0.2) is 0 Å². The van der Waals surface area contributed by atoms with Gasteiger partial charge in [-0.2, -0.15) is 0 Å². The van der Waals surface area contributed by atoms with Crippen LogP contribution < -0.4 is 10.1 Å². The maximum Gasteiger partial charge on any atom is 0.261 e. The van der Waals surface area contributed by atoms with Crippen LogP contribution in [0.2, 0.25) is 0 Å². The second-order valence-corrected chi connectivity index (χ2v) is 6.66. The number of hydrogen-bond acceptors (Lipinski definition) is 2. The minimum atomic E-state index is -0.444. The highest BCUT2D eigenvalue weighted by Crippen LogP contribution is 2.20. The Labute approximate surface area is 151 Å². The average molecular weight is 339 g/mol. The quantitative estimate of drug-likeness (QED) is 0.718. The molecule has 1 amide bonds. The van der Waals surface area contributed by atoms with Gasteiger partial charge in [0.2, 0.25) is 0 Å². The fraction of sp³-hybridized carbons (Fsp3) is 0.409. The number of ether oxygens (including phenoxy) is 1. The van der Waals surface area contributed by atoms with Crippen LogP contribution in [0.15, 0.2) is 42.5 Å². The van der Waals surface area contributed by atoms with Gasteiger partial charge in [0.1, 0.15) is 5.75 Å². The second-order valence-electron chi connectivity index (χ2n) is 6.66. The first-order valence-electron chi connectivity index (χ1n) is 9.06. The zero-order valence-corrected chi connectivity index (χ0v) is 15.8. The van der Waals surface area contributed by atoms with Crippen molar-refractivity contribution in [1.82, 2.24) is 5.32 Å². The van der Waals surface area contributed by atoms with E-state index in [2.05, 4.69) is 49.5 Å². The van der Waals surface area contributed by atoms with Gasteiger partial charge in [0.15, 0.2) is 6.10 Å². The molecule has 2 rings (SSSR count). The van der Waals surface area contributed by atoms with Crippen LogP contribution in [-0.2, 0) is 11.2 Å². The van der Waals surface area contributed by atoms with Crippen molar-refractivity contribution >= 4 is 5.91 Å². The van der Waals surface area contributed by atoms with Gasteiger partial charge in [0.05, 0.1) is 0 Å². The van der Waals surface area contributed by atoms with Crippen LogP contribution in [-0.4, -0.2) is 18.6 Å². The first-order chi connectivity index (χ1) is 12.0. The number of carbonyl (C=O) groups is 1. The van der Waals surface area contributed by atoms with Gasteiger partial charge in [-0.15, -0.1) is 0 Å². The molecule has 0 radical (unpaired) electrons. The van der Waals surface area contributed by atoms with Crippen molar-refractivity contribution in [3.63, 3.8) is 0 Å². The van der Waals surface area contributed by atoms with E-state index in [4.69, 9.17) is 4.74 Å². The molecule has 0 aromatic heterocycles. The molecule has 2 aromatic carbocycles. The molecule has 0 spiro atoms. The third-order valence-corrected chi connectivity index (χ3v) is 4.32. The predicted molar refractivity (Wildman–Crippen MR) is 103 cm³/mol. The molecule has 0 heterocycles. The molecule has 0 bridgehead atoms. The van der Waals surface area contributed by atoms with Crippen molar-refractivity contribution in [2.24, 2.45) is 0 Å². The summed E-state index contributed by atoms with van der Waals surface area (Å²) in [5.74, 6) is 0.749. The van der Waals surface area contributed by atoms with E-state index in [0.717, 1.165) is 24.2 Å². The van der Waals surface area contributed by atoms with Crippen LogP contribution in [0.4, 0.5) is 0 Å². The van der Waals surface area contributed by atoms with Crippen molar-refractivity contribution < 1.29 is 9.53 Å². The Hall–Kier alpha value is -2.29. The van der Waals surface area contributed by atoms with Gasteiger partial charge in [-0.05, 0) is 57.2 Å². The Morgan fingerprint density at radius 3 is 2.36 bits per heavy atom. The molecule has 0 saturated carbocycles. The van der Waals surface area contributed by atoms with Crippen LogP contribution in [0.3, 0.4) is 0 Å². The van der Waals surface area contributed by atoms with E-state index in [1.165, 1.54) is 16.7 Å². The highest BCUT2D eigenvalue weighted by Gasteiger charge is 2.18. The second kappa shape index (κ2) is 9.26. The molecule has 2 aromatic rings. The number of rotatable bonds is 8. The molecular formula is C22H29NO2. The summed E-state index contributed by atoms with van der Waals surface area (Å²) < 4.78 is 5.93. The van der Waals surface area contributed by atoms with Crippen molar-refractivity contribution in [2.75, 3.05) is 6.54 Å². The summed E-state index contributed by atoms with van der Waals surface area (Å²) in [5, 5.41) is 3.00. The van der Waals surface area contributed by atoms with Gasteiger partial charge < -0.3 is 10.1 Å².